The van der Waals surface area contributed by atoms with Gasteiger partial charge in [0.15, 0.2) is 6.29 Å². The zero-order valence-electron chi connectivity index (χ0n) is 9.35. The van der Waals surface area contributed by atoms with Crippen LogP contribution in [0.25, 0.3) is 11.4 Å². The second-order valence-corrected chi connectivity index (χ2v) is 3.71. The van der Waals surface area contributed by atoms with Crippen LogP contribution < -0.4 is 0 Å². The summed E-state index contributed by atoms with van der Waals surface area (Å²) in [4.78, 5) is 0. The smallest absolute Gasteiger partial charge is 0.205 e. The number of hydrogen-bond donors (Lipinski definition) is 1. The summed E-state index contributed by atoms with van der Waals surface area (Å²) in [6.07, 6.45) is -0.526. The molecule has 0 spiro atoms. The third-order valence-corrected chi connectivity index (χ3v) is 2.52. The lowest BCUT2D eigenvalue weighted by Crippen LogP contribution is -2.06. The van der Waals surface area contributed by atoms with E-state index in [1.54, 1.807) is 32.4 Å². The quantitative estimate of drug-likeness (QED) is 0.843. The number of H-pyrrole nitrogens is 1. The molecule has 2 rings (SSSR count). The van der Waals surface area contributed by atoms with Crippen molar-refractivity contribution in [3.8, 4) is 11.4 Å². The summed E-state index contributed by atoms with van der Waals surface area (Å²) in [6, 6.07) is 5.30. The largest absolute Gasteiger partial charge is 0.352 e. The molecule has 0 atom stereocenters. The van der Waals surface area contributed by atoms with Gasteiger partial charge in [-0.2, -0.15) is 5.21 Å². The number of tetrazole rings is 1. The second kappa shape index (κ2) is 5.22. The molecule has 0 unspecified atom stereocenters. The molecule has 0 aliphatic carbocycles. The van der Waals surface area contributed by atoms with Crippen molar-refractivity contribution >= 4 is 11.6 Å². The predicted molar refractivity (Wildman–Crippen MR) is 61.4 cm³/mol. The van der Waals surface area contributed by atoms with Crippen LogP contribution >= 0.6 is 11.6 Å². The van der Waals surface area contributed by atoms with Crippen LogP contribution in [0.1, 0.15) is 11.9 Å². The van der Waals surface area contributed by atoms with Gasteiger partial charge in [0.05, 0.1) is 0 Å². The van der Waals surface area contributed by atoms with E-state index in [0.717, 1.165) is 11.1 Å². The van der Waals surface area contributed by atoms with Crippen LogP contribution in [0.4, 0.5) is 0 Å². The molecular weight excluding hydrogens is 244 g/mol. The Hall–Kier alpha value is -1.50. The highest BCUT2D eigenvalue weighted by Gasteiger charge is 2.18. The van der Waals surface area contributed by atoms with Crippen LogP contribution in [-0.4, -0.2) is 34.8 Å². The highest BCUT2D eigenvalue weighted by molar-refractivity contribution is 6.30. The summed E-state index contributed by atoms with van der Waals surface area (Å²) in [5, 5.41) is 14.4. The molecule has 0 radical (unpaired) electrons. The fourth-order valence-electron chi connectivity index (χ4n) is 1.56. The first-order valence-electron chi connectivity index (χ1n) is 4.85. The summed E-state index contributed by atoms with van der Waals surface area (Å²) in [7, 11) is 3.10. The predicted octanol–water partition coefficient (Wildman–Crippen LogP) is 1.81. The molecule has 0 aliphatic heterocycles. The van der Waals surface area contributed by atoms with Gasteiger partial charge in [-0.25, -0.2) is 0 Å². The number of methoxy groups -OCH3 is 2. The zero-order chi connectivity index (χ0) is 12.3. The fourth-order valence-corrected chi connectivity index (χ4v) is 1.74. The first kappa shape index (κ1) is 12.0. The molecule has 2 aromatic rings. The zero-order valence-corrected chi connectivity index (χ0v) is 10.1. The molecule has 0 saturated carbocycles. The van der Waals surface area contributed by atoms with Gasteiger partial charge in [-0.05, 0) is 23.4 Å². The number of nitrogens with zero attached hydrogens (tertiary/aromatic N) is 3. The van der Waals surface area contributed by atoms with Crippen LogP contribution in [0.5, 0.6) is 0 Å². The van der Waals surface area contributed by atoms with Gasteiger partial charge in [-0.3, -0.25) is 0 Å². The number of ether oxygens (including phenoxy) is 2. The van der Waals surface area contributed by atoms with Crippen molar-refractivity contribution in [1.29, 1.82) is 0 Å². The van der Waals surface area contributed by atoms with E-state index < -0.39 is 6.29 Å². The van der Waals surface area contributed by atoms with E-state index in [4.69, 9.17) is 21.1 Å². The average molecular weight is 255 g/mol. The molecule has 1 aromatic carbocycles. The van der Waals surface area contributed by atoms with Gasteiger partial charge in [-0.15, -0.1) is 10.2 Å². The molecule has 0 aliphatic rings. The SMILES string of the molecule is COC(OC)c1cc(Cl)ccc1-c1nn[nH]n1. The Kier molecular flexibility index (Phi) is 3.68. The Bertz CT molecular complexity index is 485. The minimum absolute atomic E-state index is 0.468. The van der Waals surface area contributed by atoms with Crippen molar-refractivity contribution in [3.63, 3.8) is 0 Å². The summed E-state index contributed by atoms with van der Waals surface area (Å²) in [5.41, 5.74) is 1.51. The average Bonchev–Trinajstić information content (AvgIpc) is 2.84. The van der Waals surface area contributed by atoms with E-state index in [1.165, 1.54) is 0 Å². The van der Waals surface area contributed by atoms with E-state index in [-0.39, 0.29) is 0 Å². The normalized spacial score (nSPS) is 11.1. The van der Waals surface area contributed by atoms with Crippen molar-refractivity contribution in [3.05, 3.63) is 28.8 Å². The van der Waals surface area contributed by atoms with Crippen LogP contribution in [0.15, 0.2) is 18.2 Å². The molecule has 90 valence electrons. The van der Waals surface area contributed by atoms with Crippen molar-refractivity contribution in [2.24, 2.45) is 0 Å². The van der Waals surface area contributed by atoms with Crippen LogP contribution in [0.3, 0.4) is 0 Å². The minimum Gasteiger partial charge on any atom is -0.352 e. The molecule has 0 bridgehead atoms. The minimum atomic E-state index is -0.526. The number of nitrogens with one attached hydrogen (secondary N) is 1. The van der Waals surface area contributed by atoms with Gasteiger partial charge in [0.2, 0.25) is 5.82 Å². The molecule has 0 fully saturated rings. The van der Waals surface area contributed by atoms with Crippen LogP contribution in [0, 0.1) is 0 Å². The lowest BCUT2D eigenvalue weighted by atomic mass is 10.1. The summed E-state index contributed by atoms with van der Waals surface area (Å²) < 4.78 is 10.4. The number of hydrogen-bond acceptors (Lipinski definition) is 5. The summed E-state index contributed by atoms with van der Waals surface area (Å²) in [5.74, 6) is 0.468. The van der Waals surface area contributed by atoms with Crippen molar-refractivity contribution in [2.45, 2.75) is 6.29 Å². The van der Waals surface area contributed by atoms with Crippen molar-refractivity contribution in [1.82, 2.24) is 20.6 Å². The van der Waals surface area contributed by atoms with Gasteiger partial charge in [0.25, 0.3) is 0 Å². The van der Waals surface area contributed by atoms with E-state index in [1.807, 2.05) is 0 Å². The second-order valence-electron chi connectivity index (χ2n) is 3.27. The molecule has 1 heterocycles. The third-order valence-electron chi connectivity index (χ3n) is 2.28. The van der Waals surface area contributed by atoms with Gasteiger partial charge >= 0.3 is 0 Å². The van der Waals surface area contributed by atoms with Crippen molar-refractivity contribution < 1.29 is 9.47 Å². The van der Waals surface area contributed by atoms with Gasteiger partial charge in [0, 0.05) is 30.4 Å². The standard InChI is InChI=1S/C10H11ClN4O2/c1-16-10(17-2)8-5-6(11)3-4-7(8)9-12-14-15-13-9/h3-5,10H,1-2H3,(H,12,13,14,15). The Morgan fingerprint density at radius 1 is 1.29 bits per heavy atom. The molecular formula is C10H11ClN4O2. The van der Waals surface area contributed by atoms with Crippen molar-refractivity contribution in [2.75, 3.05) is 14.2 Å². The van der Waals surface area contributed by atoms with Crippen LogP contribution in [-0.2, 0) is 9.47 Å². The molecule has 1 N–H and O–H groups in total. The van der Waals surface area contributed by atoms with E-state index >= 15 is 0 Å². The first-order valence-corrected chi connectivity index (χ1v) is 5.23. The first-order chi connectivity index (χ1) is 8.26. The number of aromatic amines is 1. The maximum absolute atomic E-state index is 5.96. The molecule has 7 heteroatoms. The van der Waals surface area contributed by atoms with E-state index in [0.29, 0.717) is 10.8 Å². The monoisotopic (exact) mass is 254 g/mol. The Labute approximate surface area is 103 Å². The number of rotatable bonds is 4. The van der Waals surface area contributed by atoms with Gasteiger partial charge in [-0.1, -0.05) is 11.6 Å². The lowest BCUT2D eigenvalue weighted by Gasteiger charge is -2.16. The van der Waals surface area contributed by atoms with Gasteiger partial charge in [0.1, 0.15) is 0 Å². The Balaban J connectivity index is 2.51. The van der Waals surface area contributed by atoms with E-state index in [2.05, 4.69) is 20.6 Å². The third kappa shape index (κ3) is 2.44. The number of halogens is 1. The van der Waals surface area contributed by atoms with Crippen LogP contribution in [0.2, 0.25) is 5.02 Å². The summed E-state index contributed by atoms with van der Waals surface area (Å²) >= 11 is 5.96. The van der Waals surface area contributed by atoms with E-state index in [9.17, 15) is 0 Å². The number of aromatic nitrogens is 4. The summed E-state index contributed by atoms with van der Waals surface area (Å²) in [6.45, 7) is 0. The topological polar surface area (TPSA) is 72.9 Å². The maximum atomic E-state index is 5.96. The highest BCUT2D eigenvalue weighted by Crippen LogP contribution is 2.30. The molecule has 0 amide bonds. The Morgan fingerprint density at radius 2 is 2.06 bits per heavy atom. The molecule has 17 heavy (non-hydrogen) atoms. The molecule has 0 saturated heterocycles. The lowest BCUT2D eigenvalue weighted by molar-refractivity contribution is -0.105. The maximum Gasteiger partial charge on any atom is 0.205 e. The van der Waals surface area contributed by atoms with Gasteiger partial charge < -0.3 is 9.47 Å². The Morgan fingerprint density at radius 3 is 2.65 bits per heavy atom. The fraction of sp³-hybridized carbons (Fsp3) is 0.300. The highest BCUT2D eigenvalue weighted by atomic mass is 35.5. The number of benzene rings is 1. The molecule has 1 aromatic heterocycles. The molecule has 6 nitrogen and oxygen atoms in total.